The molecule has 21 heavy (non-hydrogen) atoms. The average molecular weight is 319 g/mol. The van der Waals surface area contributed by atoms with Crippen molar-refractivity contribution in [3.05, 3.63) is 0 Å². The van der Waals surface area contributed by atoms with Crippen LogP contribution in [-0.2, 0) is 14.4 Å². The van der Waals surface area contributed by atoms with E-state index in [4.69, 9.17) is 33.3 Å². The van der Waals surface area contributed by atoms with Gasteiger partial charge in [0.05, 0.1) is 0 Å². The Bertz CT molecular complexity index is 471. The summed E-state index contributed by atoms with van der Waals surface area (Å²) >= 11 is 5.03. The van der Waals surface area contributed by atoms with E-state index in [1.807, 2.05) is 0 Å². The van der Waals surface area contributed by atoms with Gasteiger partial charge in [0.2, 0.25) is 0 Å². The third-order valence-corrected chi connectivity index (χ3v) is 3.58. The first-order chi connectivity index (χ1) is 9.67. The van der Waals surface area contributed by atoms with Crippen LogP contribution in [0.25, 0.3) is 0 Å². The molecule has 0 bridgehead atoms. The molecule has 0 spiro atoms. The van der Waals surface area contributed by atoms with Gasteiger partial charge in [0.15, 0.2) is 5.11 Å². The van der Waals surface area contributed by atoms with Crippen LogP contribution in [0.15, 0.2) is 0 Å². The lowest BCUT2D eigenvalue weighted by Gasteiger charge is -2.25. The third kappa shape index (κ3) is 4.26. The van der Waals surface area contributed by atoms with Crippen LogP contribution in [0.2, 0.25) is 0 Å². The molecule has 9 nitrogen and oxygen atoms in total. The van der Waals surface area contributed by atoms with Gasteiger partial charge in [0.25, 0.3) is 0 Å². The second kappa shape index (κ2) is 6.68. The summed E-state index contributed by atoms with van der Waals surface area (Å²) in [5, 5.41) is 29.5. The van der Waals surface area contributed by atoms with Crippen LogP contribution >= 0.6 is 12.2 Å². The van der Waals surface area contributed by atoms with Crippen LogP contribution < -0.4 is 11.1 Å². The molecule has 1 saturated heterocycles. The standard InChI is InChI=1S/C11H17N3O6S/c12-11(9(19)20)4-6(8(17)18)14(5-11)10(21)13-3-1-2-7(15)16/h6H,1-5,12H2,(H,13,21)(H,15,16)(H,17,18)(H,19,20)/t6-,11-/m1/s1. The number of rotatable bonds is 6. The smallest absolute Gasteiger partial charge is 0.326 e. The number of nitrogens with zero attached hydrogens (tertiary/aromatic N) is 1. The molecule has 2 atom stereocenters. The van der Waals surface area contributed by atoms with E-state index in [-0.39, 0.29) is 31.0 Å². The number of hydrogen-bond acceptors (Lipinski definition) is 5. The highest BCUT2D eigenvalue weighted by Gasteiger charge is 2.50. The van der Waals surface area contributed by atoms with E-state index < -0.39 is 29.5 Å². The highest BCUT2D eigenvalue weighted by atomic mass is 32.1. The fraction of sp³-hybridized carbons (Fsp3) is 0.636. The van der Waals surface area contributed by atoms with E-state index >= 15 is 0 Å². The molecule has 0 aromatic carbocycles. The second-order valence-electron chi connectivity index (χ2n) is 4.88. The largest absolute Gasteiger partial charge is 0.481 e. The molecule has 6 N–H and O–H groups in total. The number of nitrogens with one attached hydrogen (secondary N) is 1. The maximum Gasteiger partial charge on any atom is 0.326 e. The van der Waals surface area contributed by atoms with Crippen molar-refractivity contribution >= 4 is 35.2 Å². The summed E-state index contributed by atoms with van der Waals surface area (Å²) in [6.45, 7) is 0.0304. The number of thiocarbonyl (C=S) groups is 1. The highest BCUT2D eigenvalue weighted by Crippen LogP contribution is 2.26. The summed E-state index contributed by atoms with van der Waals surface area (Å²) in [6, 6.07) is -1.12. The van der Waals surface area contributed by atoms with Crippen molar-refractivity contribution in [3.8, 4) is 0 Å². The zero-order chi connectivity index (χ0) is 16.2. The Morgan fingerprint density at radius 1 is 1.33 bits per heavy atom. The molecule has 0 radical (unpaired) electrons. The molecule has 1 aliphatic heterocycles. The van der Waals surface area contributed by atoms with Gasteiger partial charge in [-0.25, -0.2) is 4.79 Å². The fourth-order valence-corrected chi connectivity index (χ4v) is 2.35. The van der Waals surface area contributed by atoms with Gasteiger partial charge in [0, 0.05) is 25.9 Å². The van der Waals surface area contributed by atoms with Gasteiger partial charge in [0.1, 0.15) is 11.6 Å². The summed E-state index contributed by atoms with van der Waals surface area (Å²) in [6.07, 6.45) is 0.0102. The monoisotopic (exact) mass is 319 g/mol. The van der Waals surface area contributed by atoms with Gasteiger partial charge in [-0.2, -0.15) is 0 Å². The van der Waals surface area contributed by atoms with Gasteiger partial charge in [-0.1, -0.05) is 0 Å². The van der Waals surface area contributed by atoms with Crippen molar-refractivity contribution in [2.45, 2.75) is 30.8 Å². The van der Waals surface area contributed by atoms with Gasteiger partial charge in [-0.05, 0) is 18.6 Å². The Balaban J connectivity index is 2.66. The Morgan fingerprint density at radius 2 is 1.95 bits per heavy atom. The van der Waals surface area contributed by atoms with E-state index in [0.717, 1.165) is 0 Å². The highest BCUT2D eigenvalue weighted by molar-refractivity contribution is 7.80. The molecule has 0 aliphatic carbocycles. The number of carboxylic acid groups (broad SMARTS) is 3. The maximum absolute atomic E-state index is 11.2. The van der Waals surface area contributed by atoms with Gasteiger partial charge < -0.3 is 31.3 Å². The van der Waals surface area contributed by atoms with Crippen LogP contribution in [0.1, 0.15) is 19.3 Å². The van der Waals surface area contributed by atoms with Crippen LogP contribution in [0.4, 0.5) is 0 Å². The second-order valence-corrected chi connectivity index (χ2v) is 5.26. The van der Waals surface area contributed by atoms with Crippen molar-refractivity contribution in [1.29, 1.82) is 0 Å². The molecule has 0 aromatic rings. The van der Waals surface area contributed by atoms with Crippen molar-refractivity contribution in [3.63, 3.8) is 0 Å². The molecule has 1 rings (SSSR count). The predicted molar refractivity (Wildman–Crippen MR) is 74.8 cm³/mol. The fourth-order valence-electron chi connectivity index (χ4n) is 2.06. The minimum Gasteiger partial charge on any atom is -0.481 e. The first-order valence-electron chi connectivity index (χ1n) is 6.19. The molecule has 10 heteroatoms. The van der Waals surface area contributed by atoms with Crippen molar-refractivity contribution < 1.29 is 29.7 Å². The quantitative estimate of drug-likeness (QED) is 0.294. The molecule has 0 amide bonds. The first-order valence-corrected chi connectivity index (χ1v) is 6.59. The van der Waals surface area contributed by atoms with Gasteiger partial charge in [-0.3, -0.25) is 9.59 Å². The summed E-state index contributed by atoms with van der Waals surface area (Å²) in [4.78, 5) is 33.9. The summed E-state index contributed by atoms with van der Waals surface area (Å²) < 4.78 is 0. The van der Waals surface area contributed by atoms with Crippen LogP contribution in [0.5, 0.6) is 0 Å². The molecule has 0 saturated carbocycles. The SMILES string of the molecule is N[C@]1(C(=O)O)C[C@H](C(=O)O)N(C(=S)NCCCC(=O)O)C1. The van der Waals surface area contributed by atoms with Crippen LogP contribution in [0, 0.1) is 0 Å². The van der Waals surface area contributed by atoms with Crippen molar-refractivity contribution in [1.82, 2.24) is 10.2 Å². The molecule has 1 fully saturated rings. The Labute approximate surface area is 125 Å². The number of nitrogens with two attached hydrogens (primary N) is 1. The van der Waals surface area contributed by atoms with Crippen LogP contribution in [-0.4, -0.2) is 67.9 Å². The zero-order valence-electron chi connectivity index (χ0n) is 11.1. The lowest BCUT2D eigenvalue weighted by molar-refractivity contribution is -0.143. The Morgan fingerprint density at radius 3 is 2.43 bits per heavy atom. The molecule has 0 unspecified atom stereocenters. The molecule has 0 aromatic heterocycles. The molecule has 1 heterocycles. The summed E-state index contributed by atoms with van der Waals surface area (Å²) in [7, 11) is 0. The number of carbonyl (C=O) groups is 3. The normalized spacial score (nSPS) is 24.6. The Kier molecular flexibility index (Phi) is 5.44. The van der Waals surface area contributed by atoms with E-state index in [2.05, 4.69) is 5.32 Å². The number of likely N-dealkylation sites (tertiary alicyclic amines) is 1. The molecule has 118 valence electrons. The van der Waals surface area contributed by atoms with Crippen molar-refractivity contribution in [2.75, 3.05) is 13.1 Å². The minimum absolute atomic E-state index is 0.0477. The maximum atomic E-state index is 11.2. The van der Waals surface area contributed by atoms with Crippen LogP contribution in [0.3, 0.4) is 0 Å². The number of hydrogen-bond donors (Lipinski definition) is 5. The number of carboxylic acids is 3. The molecular weight excluding hydrogens is 302 g/mol. The van der Waals surface area contributed by atoms with E-state index in [0.29, 0.717) is 6.42 Å². The third-order valence-electron chi connectivity index (χ3n) is 3.20. The average Bonchev–Trinajstić information content (AvgIpc) is 2.74. The topological polar surface area (TPSA) is 153 Å². The lowest BCUT2D eigenvalue weighted by atomic mass is 9.98. The van der Waals surface area contributed by atoms with E-state index in [1.54, 1.807) is 0 Å². The minimum atomic E-state index is -1.67. The lowest BCUT2D eigenvalue weighted by Crippen LogP contribution is -2.52. The summed E-state index contributed by atoms with van der Waals surface area (Å²) in [5.41, 5.74) is 4.01. The zero-order valence-corrected chi connectivity index (χ0v) is 11.9. The van der Waals surface area contributed by atoms with Gasteiger partial charge in [-0.15, -0.1) is 0 Å². The van der Waals surface area contributed by atoms with Gasteiger partial charge >= 0.3 is 17.9 Å². The molecule has 1 aliphatic rings. The number of aliphatic carboxylic acids is 3. The van der Waals surface area contributed by atoms with E-state index in [9.17, 15) is 14.4 Å². The van der Waals surface area contributed by atoms with Crippen molar-refractivity contribution in [2.24, 2.45) is 5.73 Å². The summed E-state index contributed by atoms with van der Waals surface area (Å²) in [5.74, 6) is -3.44. The first kappa shape index (κ1) is 17.1. The predicted octanol–water partition coefficient (Wildman–Crippen LogP) is -1.33. The molecular formula is C11H17N3O6S. The Hall–Kier alpha value is -1.94. The van der Waals surface area contributed by atoms with E-state index in [1.165, 1.54) is 4.90 Å².